The summed E-state index contributed by atoms with van der Waals surface area (Å²) in [6, 6.07) is 5.72. The smallest absolute Gasteiger partial charge is 0.407 e. The predicted octanol–water partition coefficient (Wildman–Crippen LogP) is 5.03. The molecule has 3 nitrogen and oxygen atoms in total. The Morgan fingerprint density at radius 3 is 2.75 bits per heavy atom. The molecule has 5 heteroatoms. The number of alkyl carbamates (subject to hydrolysis) is 1. The van der Waals surface area contributed by atoms with Gasteiger partial charge in [0.2, 0.25) is 0 Å². The zero-order valence-electron chi connectivity index (χ0n) is 11.9. The minimum atomic E-state index is -0.467. The molecular formula is C15H19BrClNO2. The largest absolute Gasteiger partial charge is 0.444 e. The molecule has 0 unspecified atom stereocenters. The first-order valence-electron chi connectivity index (χ1n) is 6.36. The lowest BCUT2D eigenvalue weighted by Gasteiger charge is -2.19. The van der Waals surface area contributed by atoms with Crippen LogP contribution in [0, 0.1) is 0 Å². The minimum absolute atomic E-state index is 0.396. The molecule has 1 amide bonds. The van der Waals surface area contributed by atoms with Gasteiger partial charge in [0.25, 0.3) is 0 Å². The second-order valence-corrected chi connectivity index (χ2v) is 6.61. The lowest BCUT2D eigenvalue weighted by atomic mass is 10.2. The molecule has 0 fully saturated rings. The van der Waals surface area contributed by atoms with Gasteiger partial charge in [-0.25, -0.2) is 4.79 Å². The molecule has 0 aliphatic rings. The summed E-state index contributed by atoms with van der Waals surface area (Å²) in [6.07, 6.45) is 4.22. The Kier molecular flexibility index (Phi) is 6.56. The Balaban J connectivity index is 2.34. The van der Waals surface area contributed by atoms with E-state index in [-0.39, 0.29) is 0 Å². The van der Waals surface area contributed by atoms with Gasteiger partial charge in [-0.3, -0.25) is 0 Å². The van der Waals surface area contributed by atoms with Gasteiger partial charge in [0.05, 0.1) is 0 Å². The molecule has 1 N–H and O–H groups in total. The van der Waals surface area contributed by atoms with Crippen molar-refractivity contribution in [2.24, 2.45) is 0 Å². The molecule has 1 rings (SSSR count). The van der Waals surface area contributed by atoms with Gasteiger partial charge in [-0.1, -0.05) is 45.7 Å². The molecule has 110 valence electrons. The first-order chi connectivity index (χ1) is 9.28. The van der Waals surface area contributed by atoms with Crippen LogP contribution in [0.1, 0.15) is 32.8 Å². The van der Waals surface area contributed by atoms with Crippen LogP contribution < -0.4 is 5.32 Å². The Morgan fingerprint density at radius 2 is 2.15 bits per heavy atom. The van der Waals surface area contributed by atoms with E-state index in [2.05, 4.69) is 21.2 Å². The van der Waals surface area contributed by atoms with Gasteiger partial charge in [0, 0.05) is 16.0 Å². The lowest BCUT2D eigenvalue weighted by molar-refractivity contribution is 0.0529. The van der Waals surface area contributed by atoms with Crippen LogP contribution in [0.25, 0.3) is 6.08 Å². The normalized spacial score (nSPS) is 11.7. The Morgan fingerprint density at radius 1 is 1.45 bits per heavy atom. The highest BCUT2D eigenvalue weighted by Crippen LogP contribution is 2.22. The second-order valence-electron chi connectivity index (χ2n) is 5.29. The van der Waals surface area contributed by atoms with Crippen molar-refractivity contribution in [3.8, 4) is 0 Å². The zero-order chi connectivity index (χ0) is 15.2. The summed E-state index contributed by atoms with van der Waals surface area (Å²) < 4.78 is 6.08. The summed E-state index contributed by atoms with van der Waals surface area (Å²) in [5.74, 6) is 0. The van der Waals surface area contributed by atoms with E-state index < -0.39 is 11.7 Å². The average molecular weight is 361 g/mol. The van der Waals surface area contributed by atoms with E-state index in [1.54, 1.807) is 0 Å². The van der Waals surface area contributed by atoms with Crippen LogP contribution >= 0.6 is 27.5 Å². The molecule has 0 heterocycles. The molecule has 0 saturated carbocycles. The Bertz CT molecular complexity index is 495. The van der Waals surface area contributed by atoms with Crippen molar-refractivity contribution in [3.05, 3.63) is 39.3 Å². The SMILES string of the molecule is CC(C)(C)OC(=O)NCCC=Cc1ccc(Br)cc1Cl. The van der Waals surface area contributed by atoms with Gasteiger partial charge in [0.1, 0.15) is 5.60 Å². The van der Waals surface area contributed by atoms with E-state index in [0.29, 0.717) is 18.0 Å². The van der Waals surface area contributed by atoms with Crippen LogP contribution in [-0.2, 0) is 4.74 Å². The van der Waals surface area contributed by atoms with Gasteiger partial charge >= 0.3 is 6.09 Å². The summed E-state index contributed by atoms with van der Waals surface area (Å²) in [6.45, 7) is 6.03. The molecule has 0 atom stereocenters. The standard InChI is InChI=1S/C15H19BrClNO2/c1-15(2,3)20-14(19)18-9-5-4-6-11-7-8-12(16)10-13(11)17/h4,6-8,10H,5,9H2,1-3H3,(H,18,19). The molecule has 0 aliphatic heterocycles. The van der Waals surface area contributed by atoms with Crippen molar-refractivity contribution in [2.75, 3.05) is 6.54 Å². The highest BCUT2D eigenvalue weighted by atomic mass is 79.9. The number of nitrogens with one attached hydrogen (secondary N) is 1. The fraction of sp³-hybridized carbons (Fsp3) is 0.400. The van der Waals surface area contributed by atoms with E-state index in [9.17, 15) is 4.79 Å². The third-order valence-electron chi connectivity index (χ3n) is 2.24. The van der Waals surface area contributed by atoms with Crippen LogP contribution in [-0.4, -0.2) is 18.2 Å². The number of rotatable bonds is 4. The lowest BCUT2D eigenvalue weighted by Crippen LogP contribution is -2.32. The number of amides is 1. The number of hydrogen-bond donors (Lipinski definition) is 1. The molecule has 0 aromatic heterocycles. The van der Waals surface area contributed by atoms with E-state index in [1.165, 1.54) is 0 Å². The van der Waals surface area contributed by atoms with Crippen molar-refractivity contribution in [3.63, 3.8) is 0 Å². The number of carbonyl (C=O) groups excluding carboxylic acids is 1. The fourth-order valence-electron chi connectivity index (χ4n) is 1.42. The van der Waals surface area contributed by atoms with Gasteiger partial charge in [-0.05, 0) is 44.9 Å². The van der Waals surface area contributed by atoms with Gasteiger partial charge in [-0.2, -0.15) is 0 Å². The molecule has 0 spiro atoms. The molecular weight excluding hydrogens is 342 g/mol. The fourth-order valence-corrected chi connectivity index (χ4v) is 2.16. The first-order valence-corrected chi connectivity index (χ1v) is 7.53. The Hall–Kier alpha value is -1.000. The Labute approximate surface area is 133 Å². The average Bonchev–Trinajstić information content (AvgIpc) is 2.28. The van der Waals surface area contributed by atoms with E-state index >= 15 is 0 Å². The monoisotopic (exact) mass is 359 g/mol. The van der Waals surface area contributed by atoms with Gasteiger partial charge in [-0.15, -0.1) is 0 Å². The molecule has 1 aromatic carbocycles. The zero-order valence-corrected chi connectivity index (χ0v) is 14.2. The van der Waals surface area contributed by atoms with Crippen LogP contribution in [0.4, 0.5) is 4.79 Å². The van der Waals surface area contributed by atoms with Crippen LogP contribution in [0.2, 0.25) is 5.02 Å². The highest BCUT2D eigenvalue weighted by molar-refractivity contribution is 9.10. The van der Waals surface area contributed by atoms with Crippen molar-refractivity contribution in [1.82, 2.24) is 5.32 Å². The number of carbonyl (C=O) groups is 1. The molecule has 1 aromatic rings. The highest BCUT2D eigenvalue weighted by Gasteiger charge is 2.15. The number of ether oxygens (including phenoxy) is 1. The first kappa shape index (κ1) is 17.1. The minimum Gasteiger partial charge on any atom is -0.444 e. The maximum Gasteiger partial charge on any atom is 0.407 e. The van der Waals surface area contributed by atoms with Crippen molar-refractivity contribution in [2.45, 2.75) is 32.8 Å². The van der Waals surface area contributed by atoms with Gasteiger partial charge in [0.15, 0.2) is 0 Å². The van der Waals surface area contributed by atoms with Crippen molar-refractivity contribution >= 4 is 39.7 Å². The van der Waals surface area contributed by atoms with Crippen molar-refractivity contribution < 1.29 is 9.53 Å². The van der Waals surface area contributed by atoms with Gasteiger partial charge < -0.3 is 10.1 Å². The van der Waals surface area contributed by atoms with E-state index in [1.807, 2.05) is 51.1 Å². The molecule has 20 heavy (non-hydrogen) atoms. The van der Waals surface area contributed by atoms with Crippen LogP contribution in [0.5, 0.6) is 0 Å². The summed E-state index contributed by atoms with van der Waals surface area (Å²) >= 11 is 9.45. The summed E-state index contributed by atoms with van der Waals surface area (Å²) in [4.78, 5) is 11.4. The van der Waals surface area contributed by atoms with Crippen LogP contribution in [0.3, 0.4) is 0 Å². The third kappa shape index (κ3) is 6.96. The maximum absolute atomic E-state index is 11.4. The summed E-state index contributed by atoms with van der Waals surface area (Å²) in [5.41, 5.74) is 0.484. The summed E-state index contributed by atoms with van der Waals surface area (Å²) in [5, 5.41) is 3.39. The predicted molar refractivity (Wildman–Crippen MR) is 87.0 cm³/mol. The number of halogens is 2. The molecule has 0 aliphatic carbocycles. The molecule has 0 bridgehead atoms. The van der Waals surface area contributed by atoms with Crippen LogP contribution in [0.15, 0.2) is 28.7 Å². The topological polar surface area (TPSA) is 38.3 Å². The third-order valence-corrected chi connectivity index (χ3v) is 3.06. The maximum atomic E-state index is 11.4. The van der Waals surface area contributed by atoms with Crippen molar-refractivity contribution in [1.29, 1.82) is 0 Å². The van der Waals surface area contributed by atoms with E-state index in [0.717, 1.165) is 10.0 Å². The second kappa shape index (κ2) is 7.70. The number of benzene rings is 1. The number of hydrogen-bond acceptors (Lipinski definition) is 2. The van der Waals surface area contributed by atoms with E-state index in [4.69, 9.17) is 16.3 Å². The molecule has 0 saturated heterocycles. The quantitative estimate of drug-likeness (QED) is 0.765. The molecule has 0 radical (unpaired) electrons. The summed E-state index contributed by atoms with van der Waals surface area (Å²) in [7, 11) is 0.